The average Bonchev–Trinajstić information content (AvgIpc) is 2.87. The molecule has 4 atom stereocenters. The second kappa shape index (κ2) is 4.52. The van der Waals surface area contributed by atoms with Gasteiger partial charge in [0.25, 0.3) is 0 Å². The first-order valence-electron chi connectivity index (χ1n) is 6.13. The van der Waals surface area contributed by atoms with Gasteiger partial charge in [0.1, 0.15) is 0 Å². The summed E-state index contributed by atoms with van der Waals surface area (Å²) in [4.78, 5) is 0.944. The van der Waals surface area contributed by atoms with Crippen LogP contribution in [0.4, 0.5) is 0 Å². The SMILES string of the molecule is CO[C@@H]1C[C@H]2CC[C@@H]1C2[Se]c1ccccc1. The summed E-state index contributed by atoms with van der Waals surface area (Å²) >= 11 is 0.653. The van der Waals surface area contributed by atoms with Crippen LogP contribution in [0.25, 0.3) is 0 Å². The summed E-state index contributed by atoms with van der Waals surface area (Å²) in [7, 11) is 1.89. The van der Waals surface area contributed by atoms with E-state index in [1.165, 1.54) is 19.3 Å². The zero-order valence-electron chi connectivity index (χ0n) is 9.63. The number of ether oxygens (including phenoxy) is 1. The summed E-state index contributed by atoms with van der Waals surface area (Å²) in [6.45, 7) is 0. The van der Waals surface area contributed by atoms with E-state index in [0.29, 0.717) is 21.1 Å². The Balaban J connectivity index is 1.73. The summed E-state index contributed by atoms with van der Waals surface area (Å²) in [6, 6.07) is 11.0. The van der Waals surface area contributed by atoms with Crippen molar-refractivity contribution in [2.24, 2.45) is 11.8 Å². The van der Waals surface area contributed by atoms with E-state index in [9.17, 15) is 0 Å². The van der Waals surface area contributed by atoms with E-state index in [4.69, 9.17) is 4.74 Å². The van der Waals surface area contributed by atoms with E-state index in [0.717, 1.165) is 16.7 Å². The van der Waals surface area contributed by atoms with Gasteiger partial charge in [0.2, 0.25) is 0 Å². The number of benzene rings is 1. The van der Waals surface area contributed by atoms with Gasteiger partial charge in [-0.2, -0.15) is 0 Å². The van der Waals surface area contributed by atoms with Gasteiger partial charge < -0.3 is 0 Å². The molecule has 2 bridgehead atoms. The van der Waals surface area contributed by atoms with Crippen molar-refractivity contribution in [1.82, 2.24) is 0 Å². The number of rotatable bonds is 3. The third-order valence-corrected chi connectivity index (χ3v) is 7.34. The van der Waals surface area contributed by atoms with Gasteiger partial charge in [-0.3, -0.25) is 0 Å². The van der Waals surface area contributed by atoms with Crippen LogP contribution in [0, 0.1) is 11.8 Å². The second-order valence-electron chi connectivity index (χ2n) is 4.91. The third-order valence-electron chi connectivity index (χ3n) is 4.09. The molecule has 2 heteroatoms. The van der Waals surface area contributed by atoms with E-state index in [2.05, 4.69) is 30.3 Å². The fraction of sp³-hybridized carbons (Fsp3) is 0.571. The van der Waals surface area contributed by atoms with Gasteiger partial charge in [0.05, 0.1) is 0 Å². The first-order valence-corrected chi connectivity index (χ1v) is 7.97. The summed E-state index contributed by atoms with van der Waals surface area (Å²) in [6.07, 6.45) is 4.74. The van der Waals surface area contributed by atoms with Gasteiger partial charge in [0, 0.05) is 0 Å². The van der Waals surface area contributed by atoms with E-state index >= 15 is 0 Å². The van der Waals surface area contributed by atoms with Gasteiger partial charge in [-0.05, 0) is 0 Å². The molecule has 2 aliphatic rings. The van der Waals surface area contributed by atoms with Crippen LogP contribution in [0.1, 0.15) is 19.3 Å². The fourth-order valence-electron chi connectivity index (χ4n) is 3.32. The molecular formula is C14H18OSe. The van der Waals surface area contributed by atoms with Crippen LogP contribution in [0.5, 0.6) is 0 Å². The van der Waals surface area contributed by atoms with E-state index in [1.54, 1.807) is 4.46 Å². The molecule has 3 rings (SSSR count). The Hall–Kier alpha value is -0.301. The summed E-state index contributed by atoms with van der Waals surface area (Å²) in [5.74, 6) is 1.81. The summed E-state index contributed by atoms with van der Waals surface area (Å²) in [5.41, 5.74) is 0. The predicted molar refractivity (Wildman–Crippen MR) is 67.2 cm³/mol. The average molecular weight is 281 g/mol. The third kappa shape index (κ3) is 1.83. The van der Waals surface area contributed by atoms with Crippen LogP contribution in [0.2, 0.25) is 4.82 Å². The van der Waals surface area contributed by atoms with Crippen molar-refractivity contribution >= 4 is 19.4 Å². The van der Waals surface area contributed by atoms with Crippen LogP contribution in [0.15, 0.2) is 30.3 Å². The number of hydrogen-bond acceptors (Lipinski definition) is 1. The first kappa shape index (κ1) is 10.8. The number of methoxy groups -OCH3 is 1. The summed E-state index contributed by atoms with van der Waals surface area (Å²) in [5, 5.41) is 0. The molecule has 0 heterocycles. The molecule has 0 aromatic heterocycles. The molecule has 2 saturated carbocycles. The molecule has 0 aliphatic heterocycles. The minimum absolute atomic E-state index is 0.564. The van der Waals surface area contributed by atoms with Crippen LogP contribution < -0.4 is 4.46 Å². The normalized spacial score (nSPS) is 36.8. The van der Waals surface area contributed by atoms with Crippen molar-refractivity contribution in [3.63, 3.8) is 0 Å². The molecule has 0 spiro atoms. The second-order valence-corrected chi connectivity index (χ2v) is 7.53. The van der Waals surface area contributed by atoms with Crippen LogP contribution in [-0.2, 0) is 4.74 Å². The van der Waals surface area contributed by atoms with Crippen molar-refractivity contribution in [3.05, 3.63) is 30.3 Å². The van der Waals surface area contributed by atoms with E-state index < -0.39 is 0 Å². The number of fused-ring (bicyclic) bond motifs is 2. The maximum atomic E-state index is 5.62. The minimum atomic E-state index is 0.564. The van der Waals surface area contributed by atoms with Gasteiger partial charge >= 0.3 is 104 Å². The molecule has 16 heavy (non-hydrogen) atoms. The molecule has 2 fully saturated rings. The first-order chi connectivity index (χ1) is 7.88. The fourth-order valence-corrected chi connectivity index (χ4v) is 6.58. The molecule has 1 aromatic rings. The molecule has 1 aromatic carbocycles. The molecule has 2 aliphatic carbocycles. The quantitative estimate of drug-likeness (QED) is 0.772. The van der Waals surface area contributed by atoms with Gasteiger partial charge in [-0.25, -0.2) is 0 Å². The monoisotopic (exact) mass is 282 g/mol. The Labute approximate surface area is 104 Å². The van der Waals surface area contributed by atoms with Crippen molar-refractivity contribution in [2.75, 3.05) is 7.11 Å². The topological polar surface area (TPSA) is 9.23 Å². The molecule has 0 amide bonds. The van der Waals surface area contributed by atoms with E-state index in [1.807, 2.05) is 7.11 Å². The predicted octanol–water partition coefficient (Wildman–Crippen LogP) is 2.25. The zero-order chi connectivity index (χ0) is 11.0. The van der Waals surface area contributed by atoms with Crippen molar-refractivity contribution in [2.45, 2.75) is 30.2 Å². The van der Waals surface area contributed by atoms with Gasteiger partial charge in [-0.15, -0.1) is 0 Å². The molecule has 0 N–H and O–H groups in total. The van der Waals surface area contributed by atoms with Crippen molar-refractivity contribution < 1.29 is 4.74 Å². The zero-order valence-corrected chi connectivity index (χ0v) is 11.3. The molecule has 0 saturated heterocycles. The summed E-state index contributed by atoms with van der Waals surface area (Å²) < 4.78 is 7.19. The Morgan fingerprint density at radius 2 is 2.00 bits per heavy atom. The van der Waals surface area contributed by atoms with Gasteiger partial charge in [-0.1, -0.05) is 0 Å². The van der Waals surface area contributed by atoms with Crippen molar-refractivity contribution in [1.29, 1.82) is 0 Å². The van der Waals surface area contributed by atoms with Crippen LogP contribution in [-0.4, -0.2) is 28.2 Å². The van der Waals surface area contributed by atoms with Crippen molar-refractivity contribution in [3.8, 4) is 0 Å². The Bertz CT molecular complexity index is 351. The Kier molecular flexibility index (Phi) is 3.06. The molecule has 86 valence electrons. The molecule has 1 unspecified atom stereocenters. The Morgan fingerprint density at radius 1 is 1.19 bits per heavy atom. The van der Waals surface area contributed by atoms with Gasteiger partial charge in [0.15, 0.2) is 0 Å². The Morgan fingerprint density at radius 3 is 2.69 bits per heavy atom. The molecule has 0 radical (unpaired) electrons. The molecule has 1 nitrogen and oxygen atoms in total. The van der Waals surface area contributed by atoms with Crippen LogP contribution >= 0.6 is 0 Å². The standard InChI is InChI=1S/C14H18OSe/c1-15-13-9-10-7-8-12(13)14(10)16-11-5-3-2-4-6-11/h2-6,10,12-14H,7-9H2,1H3/t10-,12+,13-,14?/m1/s1. The van der Waals surface area contributed by atoms with E-state index in [-0.39, 0.29) is 0 Å². The number of hydrogen-bond donors (Lipinski definition) is 0. The maximum absolute atomic E-state index is 5.62. The van der Waals surface area contributed by atoms with Crippen LogP contribution in [0.3, 0.4) is 0 Å². The molecular weight excluding hydrogens is 263 g/mol.